The van der Waals surface area contributed by atoms with Gasteiger partial charge in [-0.1, -0.05) is 18.2 Å². The molecule has 176 valence electrons. The molecule has 0 aromatic heterocycles. The Morgan fingerprint density at radius 1 is 0.941 bits per heavy atom. The molecule has 34 heavy (non-hydrogen) atoms. The van der Waals surface area contributed by atoms with Crippen LogP contribution in [0, 0.1) is 11.6 Å². The second-order valence-corrected chi connectivity index (χ2v) is 9.74. The van der Waals surface area contributed by atoms with Crippen molar-refractivity contribution in [1.82, 2.24) is 0 Å². The van der Waals surface area contributed by atoms with Crippen LogP contribution in [-0.2, 0) is 21.2 Å². The standard InChI is InChI=1S/C25H21F2NO5S/c1-16(24(29)19-10-13-21(26)22(27)15-19)33-25(30)18-8-11-20(12-9-18)34(31,32)28-14-4-6-17-5-2-3-7-23(17)28/h2-3,5,7-13,15-16H,4,6,14H2,1H3. The van der Waals surface area contributed by atoms with Crippen molar-refractivity contribution in [1.29, 1.82) is 0 Å². The van der Waals surface area contributed by atoms with E-state index in [-0.39, 0.29) is 16.0 Å². The first-order chi connectivity index (χ1) is 16.2. The highest BCUT2D eigenvalue weighted by molar-refractivity contribution is 7.92. The highest BCUT2D eigenvalue weighted by atomic mass is 32.2. The average Bonchev–Trinajstić information content (AvgIpc) is 2.84. The number of sulfonamides is 1. The lowest BCUT2D eigenvalue weighted by Gasteiger charge is -2.30. The van der Waals surface area contributed by atoms with Crippen LogP contribution in [0.5, 0.6) is 0 Å². The van der Waals surface area contributed by atoms with Crippen LogP contribution < -0.4 is 4.31 Å². The van der Waals surface area contributed by atoms with Crippen molar-refractivity contribution < 1.29 is 31.5 Å². The summed E-state index contributed by atoms with van der Waals surface area (Å²) in [6.07, 6.45) is 0.240. The minimum Gasteiger partial charge on any atom is -0.451 e. The molecule has 0 spiro atoms. The Bertz CT molecular complexity index is 1360. The lowest BCUT2D eigenvalue weighted by atomic mass is 10.0. The van der Waals surface area contributed by atoms with E-state index in [0.29, 0.717) is 18.7 Å². The van der Waals surface area contributed by atoms with E-state index in [1.165, 1.54) is 35.5 Å². The van der Waals surface area contributed by atoms with E-state index < -0.39 is 39.5 Å². The van der Waals surface area contributed by atoms with Crippen LogP contribution in [0.25, 0.3) is 0 Å². The molecule has 0 bridgehead atoms. The molecule has 3 aromatic carbocycles. The Labute approximate surface area is 195 Å². The number of hydrogen-bond donors (Lipinski definition) is 0. The summed E-state index contributed by atoms with van der Waals surface area (Å²) in [6.45, 7) is 1.67. The topological polar surface area (TPSA) is 80.8 Å². The molecule has 0 radical (unpaired) electrons. The van der Waals surface area contributed by atoms with Crippen molar-refractivity contribution >= 4 is 27.5 Å². The van der Waals surface area contributed by atoms with E-state index in [2.05, 4.69) is 0 Å². The molecule has 0 saturated carbocycles. The lowest BCUT2D eigenvalue weighted by molar-refractivity contribution is 0.0318. The quantitative estimate of drug-likeness (QED) is 0.379. The molecule has 3 aromatic rings. The number of fused-ring (bicyclic) bond motifs is 1. The normalized spacial score (nSPS) is 14.3. The summed E-state index contributed by atoms with van der Waals surface area (Å²) in [5.41, 5.74) is 1.50. The number of Topliss-reactive ketones (excluding diaryl/α,β-unsaturated/α-hetero) is 1. The number of esters is 1. The number of aryl methyl sites for hydroxylation is 1. The summed E-state index contributed by atoms with van der Waals surface area (Å²) >= 11 is 0. The van der Waals surface area contributed by atoms with Gasteiger partial charge in [-0.05, 0) is 73.9 Å². The second kappa shape index (κ2) is 9.34. The van der Waals surface area contributed by atoms with Crippen molar-refractivity contribution in [2.75, 3.05) is 10.8 Å². The van der Waals surface area contributed by atoms with E-state index in [1.54, 1.807) is 12.1 Å². The summed E-state index contributed by atoms with van der Waals surface area (Å²) in [5.74, 6) is -3.83. The smallest absolute Gasteiger partial charge is 0.338 e. The molecule has 1 heterocycles. The largest absolute Gasteiger partial charge is 0.451 e. The Hall–Kier alpha value is -3.59. The maximum absolute atomic E-state index is 13.4. The Balaban J connectivity index is 1.48. The van der Waals surface area contributed by atoms with Crippen molar-refractivity contribution in [3.63, 3.8) is 0 Å². The van der Waals surface area contributed by atoms with Gasteiger partial charge in [0.15, 0.2) is 17.7 Å². The molecule has 1 atom stereocenters. The maximum Gasteiger partial charge on any atom is 0.338 e. The van der Waals surface area contributed by atoms with E-state index in [9.17, 15) is 26.8 Å². The molecule has 0 aliphatic carbocycles. The molecule has 0 N–H and O–H groups in total. The second-order valence-electron chi connectivity index (χ2n) is 7.87. The Morgan fingerprint density at radius 3 is 2.32 bits per heavy atom. The zero-order valence-electron chi connectivity index (χ0n) is 18.2. The summed E-state index contributed by atoms with van der Waals surface area (Å²) in [4.78, 5) is 24.9. The number of anilines is 1. The molecule has 1 aliphatic heterocycles. The van der Waals surface area contributed by atoms with Gasteiger partial charge in [0.05, 0.1) is 16.1 Å². The van der Waals surface area contributed by atoms with Crippen molar-refractivity contribution in [2.45, 2.75) is 30.8 Å². The first-order valence-electron chi connectivity index (χ1n) is 10.6. The van der Waals surface area contributed by atoms with Gasteiger partial charge in [0, 0.05) is 12.1 Å². The van der Waals surface area contributed by atoms with Gasteiger partial charge in [-0.25, -0.2) is 22.0 Å². The number of para-hydroxylation sites is 1. The number of ketones is 1. The molecule has 1 unspecified atom stereocenters. The Kier molecular flexibility index (Phi) is 6.47. The van der Waals surface area contributed by atoms with Gasteiger partial charge in [-0.2, -0.15) is 0 Å². The van der Waals surface area contributed by atoms with E-state index in [4.69, 9.17) is 4.74 Å². The maximum atomic E-state index is 13.4. The third kappa shape index (κ3) is 4.56. The SMILES string of the molecule is CC(OC(=O)c1ccc(S(=O)(=O)N2CCCc3ccccc32)cc1)C(=O)c1ccc(F)c(F)c1. The predicted octanol–water partition coefficient (Wildman–Crippen LogP) is 4.53. The molecule has 0 fully saturated rings. The number of carbonyl (C=O) groups excluding carboxylic acids is 2. The number of ether oxygens (including phenoxy) is 1. The molecule has 0 amide bonds. The van der Waals surface area contributed by atoms with Crippen molar-refractivity contribution in [3.8, 4) is 0 Å². The van der Waals surface area contributed by atoms with E-state index in [0.717, 1.165) is 30.2 Å². The van der Waals surface area contributed by atoms with Gasteiger partial charge in [-0.3, -0.25) is 9.10 Å². The fourth-order valence-electron chi connectivity index (χ4n) is 3.81. The van der Waals surface area contributed by atoms with Crippen molar-refractivity contribution in [3.05, 3.63) is 95.1 Å². The Morgan fingerprint density at radius 2 is 1.62 bits per heavy atom. The van der Waals surface area contributed by atoms with Crippen LogP contribution in [-0.4, -0.2) is 32.8 Å². The van der Waals surface area contributed by atoms with Gasteiger partial charge in [0.1, 0.15) is 0 Å². The highest BCUT2D eigenvalue weighted by Crippen LogP contribution is 2.31. The fourth-order valence-corrected chi connectivity index (χ4v) is 5.35. The van der Waals surface area contributed by atoms with E-state index in [1.807, 2.05) is 12.1 Å². The van der Waals surface area contributed by atoms with Crippen LogP contribution in [0.2, 0.25) is 0 Å². The lowest BCUT2D eigenvalue weighted by Crippen LogP contribution is -2.35. The molecule has 6 nitrogen and oxygen atoms in total. The van der Waals surface area contributed by atoms with Crippen molar-refractivity contribution in [2.24, 2.45) is 0 Å². The molecule has 0 saturated heterocycles. The number of nitrogens with zero attached hydrogens (tertiary/aromatic N) is 1. The minimum absolute atomic E-state index is 0.0201. The zero-order chi connectivity index (χ0) is 24.5. The fraction of sp³-hybridized carbons (Fsp3) is 0.200. The zero-order valence-corrected chi connectivity index (χ0v) is 19.0. The predicted molar refractivity (Wildman–Crippen MR) is 121 cm³/mol. The first kappa shape index (κ1) is 23.6. The third-order valence-corrected chi connectivity index (χ3v) is 7.43. The summed E-state index contributed by atoms with van der Waals surface area (Å²) in [7, 11) is -3.84. The highest BCUT2D eigenvalue weighted by Gasteiger charge is 2.29. The van der Waals surface area contributed by atoms with Gasteiger partial charge < -0.3 is 4.74 Å². The van der Waals surface area contributed by atoms with Crippen LogP contribution >= 0.6 is 0 Å². The molecule has 4 rings (SSSR count). The number of halogens is 2. The number of carbonyl (C=O) groups is 2. The van der Waals surface area contributed by atoms with Crippen LogP contribution in [0.4, 0.5) is 14.5 Å². The molecule has 1 aliphatic rings. The summed E-state index contributed by atoms with van der Waals surface area (Å²) in [5, 5.41) is 0. The number of hydrogen-bond acceptors (Lipinski definition) is 5. The average molecular weight is 486 g/mol. The van der Waals surface area contributed by atoms with Gasteiger partial charge in [0.2, 0.25) is 5.78 Å². The summed E-state index contributed by atoms with van der Waals surface area (Å²) < 4.78 is 59.4. The van der Waals surface area contributed by atoms with Crippen LogP contribution in [0.3, 0.4) is 0 Å². The number of benzene rings is 3. The third-order valence-electron chi connectivity index (χ3n) is 5.60. The van der Waals surface area contributed by atoms with Gasteiger partial charge in [0.25, 0.3) is 10.0 Å². The summed E-state index contributed by atoms with van der Waals surface area (Å²) in [6, 6.07) is 15.2. The molecular formula is C25H21F2NO5S. The van der Waals surface area contributed by atoms with Crippen LogP contribution in [0.1, 0.15) is 39.6 Å². The minimum atomic E-state index is -3.84. The van der Waals surface area contributed by atoms with Gasteiger partial charge >= 0.3 is 5.97 Å². The number of rotatable bonds is 6. The first-order valence-corrected chi connectivity index (χ1v) is 12.0. The molecule has 9 heteroatoms. The van der Waals surface area contributed by atoms with E-state index >= 15 is 0 Å². The van der Waals surface area contributed by atoms with Crippen LogP contribution in [0.15, 0.2) is 71.6 Å². The monoisotopic (exact) mass is 485 g/mol. The van der Waals surface area contributed by atoms with Gasteiger partial charge in [-0.15, -0.1) is 0 Å². The molecular weight excluding hydrogens is 464 g/mol.